The van der Waals surface area contributed by atoms with Crippen LogP contribution in [0, 0.1) is 0 Å². The Hall–Kier alpha value is -3.21. The van der Waals surface area contributed by atoms with E-state index in [4.69, 9.17) is 4.42 Å². The van der Waals surface area contributed by atoms with Crippen molar-refractivity contribution < 1.29 is 9.21 Å². The smallest absolute Gasteiger partial charge is 0.247 e. The molecule has 1 aromatic heterocycles. The molecule has 0 unspecified atom stereocenters. The number of amides is 1. The molecule has 0 saturated carbocycles. The van der Waals surface area contributed by atoms with Gasteiger partial charge in [0.1, 0.15) is 0 Å². The van der Waals surface area contributed by atoms with Crippen molar-refractivity contribution in [1.29, 1.82) is 0 Å². The molecular formula is C19H17N3O2. The number of carbonyl (C=O) groups is 1. The van der Waals surface area contributed by atoms with Gasteiger partial charge in [-0.2, -0.15) is 0 Å². The van der Waals surface area contributed by atoms with E-state index in [1.165, 1.54) is 12.5 Å². The molecule has 3 aromatic rings. The van der Waals surface area contributed by atoms with E-state index in [1.807, 2.05) is 55.5 Å². The molecule has 5 nitrogen and oxygen atoms in total. The first-order valence-electron chi connectivity index (χ1n) is 7.57. The first-order valence-corrected chi connectivity index (χ1v) is 7.57. The highest BCUT2D eigenvalue weighted by Gasteiger charge is 2.08. The third-order valence-corrected chi connectivity index (χ3v) is 3.78. The molecule has 1 N–H and O–H groups in total. The minimum Gasteiger partial charge on any atom is -0.423 e. The van der Waals surface area contributed by atoms with Crippen molar-refractivity contribution in [3.63, 3.8) is 0 Å². The molecule has 2 aromatic carbocycles. The van der Waals surface area contributed by atoms with Gasteiger partial charge in [-0.1, -0.05) is 43.0 Å². The number of benzene rings is 2. The van der Waals surface area contributed by atoms with Gasteiger partial charge in [0.25, 0.3) is 0 Å². The molecule has 0 bridgehead atoms. The lowest BCUT2D eigenvalue weighted by molar-refractivity contribution is -0.117. The van der Waals surface area contributed by atoms with Crippen molar-refractivity contribution in [2.75, 3.05) is 0 Å². The van der Waals surface area contributed by atoms with Gasteiger partial charge in [-0.15, -0.1) is 10.2 Å². The standard InChI is InChI=1S/C19H17N3O2/c1-3-18(23)21-13(2)14-4-6-15(7-5-14)16-8-10-17(11-9-16)19-22-20-12-24-19/h3-13H,1H2,2H3,(H,21,23)/t13-/m1/s1. The molecule has 0 spiro atoms. The highest BCUT2D eigenvalue weighted by molar-refractivity contribution is 5.87. The number of nitrogens with one attached hydrogen (secondary N) is 1. The minimum absolute atomic E-state index is 0.0653. The molecule has 0 fully saturated rings. The zero-order chi connectivity index (χ0) is 16.9. The first kappa shape index (κ1) is 15.7. The summed E-state index contributed by atoms with van der Waals surface area (Å²) in [5, 5.41) is 10.4. The van der Waals surface area contributed by atoms with E-state index in [9.17, 15) is 4.79 Å². The second-order valence-electron chi connectivity index (χ2n) is 5.38. The van der Waals surface area contributed by atoms with Gasteiger partial charge >= 0.3 is 0 Å². The summed E-state index contributed by atoms with van der Waals surface area (Å²) < 4.78 is 5.18. The van der Waals surface area contributed by atoms with Crippen LogP contribution in [0.2, 0.25) is 0 Å². The second-order valence-corrected chi connectivity index (χ2v) is 5.38. The Kier molecular flexibility index (Phi) is 4.52. The highest BCUT2D eigenvalue weighted by atomic mass is 16.4. The van der Waals surface area contributed by atoms with E-state index in [1.54, 1.807) is 0 Å². The van der Waals surface area contributed by atoms with Crippen molar-refractivity contribution in [3.8, 4) is 22.6 Å². The maximum Gasteiger partial charge on any atom is 0.247 e. The normalized spacial score (nSPS) is 11.7. The molecule has 1 atom stereocenters. The Bertz CT molecular complexity index is 822. The summed E-state index contributed by atoms with van der Waals surface area (Å²) in [6.45, 7) is 5.40. The van der Waals surface area contributed by atoms with E-state index in [0.29, 0.717) is 5.89 Å². The second kappa shape index (κ2) is 6.91. The molecule has 5 heteroatoms. The van der Waals surface area contributed by atoms with Crippen molar-refractivity contribution >= 4 is 5.91 Å². The molecule has 1 heterocycles. The average Bonchev–Trinajstić information content (AvgIpc) is 3.16. The van der Waals surface area contributed by atoms with E-state index >= 15 is 0 Å². The van der Waals surface area contributed by atoms with Crippen molar-refractivity contribution in [2.24, 2.45) is 0 Å². The van der Waals surface area contributed by atoms with E-state index < -0.39 is 0 Å². The third kappa shape index (κ3) is 3.41. The summed E-state index contributed by atoms with van der Waals surface area (Å²) in [6.07, 6.45) is 2.59. The topological polar surface area (TPSA) is 68.0 Å². The molecule has 0 radical (unpaired) electrons. The third-order valence-electron chi connectivity index (χ3n) is 3.78. The molecule has 0 aliphatic carbocycles. The number of aromatic nitrogens is 2. The number of hydrogen-bond donors (Lipinski definition) is 1. The molecular weight excluding hydrogens is 302 g/mol. The van der Waals surface area contributed by atoms with Gasteiger partial charge in [-0.05, 0) is 41.8 Å². The summed E-state index contributed by atoms with van der Waals surface area (Å²) in [5.74, 6) is 0.326. The van der Waals surface area contributed by atoms with Crippen LogP contribution in [-0.4, -0.2) is 16.1 Å². The number of rotatable bonds is 5. The Labute approximate surface area is 140 Å². The molecule has 0 aliphatic rings. The van der Waals surface area contributed by atoms with Gasteiger partial charge in [0.2, 0.25) is 18.2 Å². The van der Waals surface area contributed by atoms with Crippen molar-refractivity contribution in [2.45, 2.75) is 13.0 Å². The first-order chi connectivity index (χ1) is 11.7. The van der Waals surface area contributed by atoms with Crippen molar-refractivity contribution in [3.05, 3.63) is 73.1 Å². The zero-order valence-electron chi connectivity index (χ0n) is 13.3. The van der Waals surface area contributed by atoms with Crippen molar-refractivity contribution in [1.82, 2.24) is 15.5 Å². The van der Waals surface area contributed by atoms with Gasteiger partial charge in [0.05, 0.1) is 6.04 Å². The lowest BCUT2D eigenvalue weighted by Crippen LogP contribution is -2.24. The van der Waals surface area contributed by atoms with Crippen LogP contribution in [0.5, 0.6) is 0 Å². The lowest BCUT2D eigenvalue weighted by Gasteiger charge is -2.13. The summed E-state index contributed by atoms with van der Waals surface area (Å²) in [6, 6.07) is 15.9. The molecule has 0 aliphatic heterocycles. The average molecular weight is 319 g/mol. The molecule has 24 heavy (non-hydrogen) atoms. The summed E-state index contributed by atoms with van der Waals surface area (Å²) >= 11 is 0. The van der Waals surface area contributed by atoms with Crippen LogP contribution in [0.15, 0.2) is 72.0 Å². The fourth-order valence-electron chi connectivity index (χ4n) is 2.42. The van der Waals surface area contributed by atoms with Crippen LogP contribution in [0.3, 0.4) is 0 Å². The van der Waals surface area contributed by atoms with Gasteiger partial charge in [0, 0.05) is 5.56 Å². The molecule has 1 amide bonds. The molecule has 120 valence electrons. The van der Waals surface area contributed by atoms with Crippen LogP contribution in [0.4, 0.5) is 0 Å². The van der Waals surface area contributed by atoms with Gasteiger partial charge in [0.15, 0.2) is 0 Å². The Morgan fingerprint density at radius 3 is 2.21 bits per heavy atom. The van der Waals surface area contributed by atoms with Gasteiger partial charge in [-0.3, -0.25) is 4.79 Å². The summed E-state index contributed by atoms with van der Waals surface area (Å²) in [5.41, 5.74) is 4.11. The van der Waals surface area contributed by atoms with Crippen LogP contribution >= 0.6 is 0 Å². The predicted molar refractivity (Wildman–Crippen MR) is 91.9 cm³/mol. The van der Waals surface area contributed by atoms with Crippen LogP contribution in [0.1, 0.15) is 18.5 Å². The SMILES string of the molecule is C=CC(=O)N[C@H](C)c1ccc(-c2ccc(-c3nnco3)cc2)cc1. The lowest BCUT2D eigenvalue weighted by atomic mass is 10.0. The van der Waals surface area contributed by atoms with E-state index in [0.717, 1.165) is 22.3 Å². The van der Waals surface area contributed by atoms with Crippen LogP contribution in [0.25, 0.3) is 22.6 Å². The fourth-order valence-corrected chi connectivity index (χ4v) is 2.42. The van der Waals surface area contributed by atoms with Gasteiger partial charge < -0.3 is 9.73 Å². The Morgan fingerprint density at radius 1 is 1.08 bits per heavy atom. The fraction of sp³-hybridized carbons (Fsp3) is 0.105. The number of hydrogen-bond acceptors (Lipinski definition) is 4. The Morgan fingerprint density at radius 2 is 1.67 bits per heavy atom. The molecule has 0 saturated heterocycles. The highest BCUT2D eigenvalue weighted by Crippen LogP contribution is 2.25. The minimum atomic E-state index is -0.178. The predicted octanol–water partition coefficient (Wildman–Crippen LogP) is 3.77. The summed E-state index contributed by atoms with van der Waals surface area (Å²) in [4.78, 5) is 11.4. The van der Waals surface area contributed by atoms with Crippen LogP contribution in [-0.2, 0) is 4.79 Å². The van der Waals surface area contributed by atoms with Gasteiger partial charge in [-0.25, -0.2) is 0 Å². The van der Waals surface area contributed by atoms with E-state index in [-0.39, 0.29) is 11.9 Å². The number of nitrogens with zero attached hydrogens (tertiary/aromatic N) is 2. The summed E-state index contributed by atoms with van der Waals surface area (Å²) in [7, 11) is 0. The maximum atomic E-state index is 11.4. The number of carbonyl (C=O) groups excluding carboxylic acids is 1. The monoisotopic (exact) mass is 319 g/mol. The Balaban J connectivity index is 1.76. The van der Waals surface area contributed by atoms with E-state index in [2.05, 4.69) is 22.1 Å². The largest absolute Gasteiger partial charge is 0.423 e. The molecule has 3 rings (SSSR count). The maximum absolute atomic E-state index is 11.4. The zero-order valence-corrected chi connectivity index (χ0v) is 13.3. The van der Waals surface area contributed by atoms with Crippen LogP contribution < -0.4 is 5.32 Å². The quantitative estimate of drug-likeness (QED) is 0.727.